The Kier molecular flexibility index (Phi) is 4.61. The minimum absolute atomic E-state index is 0.131. The second-order valence-electron chi connectivity index (χ2n) is 8.40. The lowest BCUT2D eigenvalue weighted by Gasteiger charge is -2.24. The van der Waals surface area contributed by atoms with Crippen LogP contribution >= 0.6 is 0 Å². The maximum atomic E-state index is 12.3. The Morgan fingerprint density at radius 3 is 2.00 bits per heavy atom. The molecule has 1 aromatic rings. The summed E-state index contributed by atoms with van der Waals surface area (Å²) in [5, 5.41) is 0. The molecule has 2 atom stereocenters. The van der Waals surface area contributed by atoms with Crippen LogP contribution in [-0.4, -0.2) is 16.7 Å². The minimum atomic E-state index is -0.175. The summed E-state index contributed by atoms with van der Waals surface area (Å²) in [6, 6.07) is 4.46. The summed E-state index contributed by atoms with van der Waals surface area (Å²) in [5.74, 6) is 1.37. The van der Waals surface area contributed by atoms with Crippen molar-refractivity contribution in [3.8, 4) is 0 Å². The van der Waals surface area contributed by atoms with Crippen LogP contribution in [0.2, 0.25) is 0 Å². The van der Waals surface area contributed by atoms with Gasteiger partial charge in [-0.15, -0.1) is 0 Å². The maximum Gasteiger partial charge on any atom is 0.254 e. The predicted molar refractivity (Wildman–Crippen MR) is 101 cm³/mol. The molecular weight excluding hydrogens is 310 g/mol. The monoisotopic (exact) mass is 339 g/mol. The summed E-state index contributed by atoms with van der Waals surface area (Å²) in [5.41, 5.74) is 5.25. The first-order valence-corrected chi connectivity index (χ1v) is 9.45. The fraction of sp³-hybridized carbons (Fsp3) is 0.545. The van der Waals surface area contributed by atoms with Crippen molar-refractivity contribution in [1.82, 2.24) is 4.90 Å². The van der Waals surface area contributed by atoms with Gasteiger partial charge in [-0.25, -0.2) is 0 Å². The number of imide groups is 1. The molecule has 3 heteroatoms. The lowest BCUT2D eigenvalue weighted by Crippen LogP contribution is -2.33. The van der Waals surface area contributed by atoms with Crippen molar-refractivity contribution in [1.29, 1.82) is 0 Å². The molecule has 0 spiro atoms. The molecule has 1 heterocycles. The van der Waals surface area contributed by atoms with E-state index in [1.165, 1.54) is 39.3 Å². The molecule has 0 aromatic heterocycles. The molecule has 1 aliphatic carbocycles. The van der Waals surface area contributed by atoms with Gasteiger partial charge in [0.2, 0.25) is 0 Å². The molecule has 134 valence electrons. The third kappa shape index (κ3) is 2.94. The molecule has 1 aromatic carbocycles. The van der Waals surface area contributed by atoms with Crippen LogP contribution < -0.4 is 0 Å². The number of carbonyl (C=O) groups is 2. The van der Waals surface area contributed by atoms with Gasteiger partial charge < -0.3 is 0 Å². The summed E-state index contributed by atoms with van der Waals surface area (Å²) < 4.78 is 0. The summed E-state index contributed by atoms with van der Waals surface area (Å²) >= 11 is 0. The van der Waals surface area contributed by atoms with Crippen LogP contribution in [-0.2, 0) is 9.59 Å². The molecule has 0 saturated heterocycles. The Bertz CT molecular complexity index is 725. The van der Waals surface area contributed by atoms with Gasteiger partial charge in [0.15, 0.2) is 0 Å². The Morgan fingerprint density at radius 1 is 0.920 bits per heavy atom. The number of nitrogens with zero attached hydrogens (tertiary/aromatic N) is 1. The van der Waals surface area contributed by atoms with Crippen molar-refractivity contribution >= 4 is 11.8 Å². The van der Waals surface area contributed by atoms with E-state index >= 15 is 0 Å². The number of carbonyl (C=O) groups excluding carboxylic acids is 2. The summed E-state index contributed by atoms with van der Waals surface area (Å²) in [7, 11) is 0. The van der Waals surface area contributed by atoms with Crippen molar-refractivity contribution in [3.63, 3.8) is 0 Å². The van der Waals surface area contributed by atoms with E-state index in [1.54, 1.807) is 0 Å². The van der Waals surface area contributed by atoms with E-state index < -0.39 is 0 Å². The van der Waals surface area contributed by atoms with Gasteiger partial charge in [0.1, 0.15) is 0 Å². The minimum Gasteiger partial charge on any atom is -0.269 e. The van der Waals surface area contributed by atoms with E-state index in [9.17, 15) is 9.59 Å². The SMILES string of the molecule is CC(C)c1cc(C(C)C)c2c(c1)[C@@H](N1C(=O)C=CC1=O)C[C@H]2C(C)C. The number of hydrogen-bond donors (Lipinski definition) is 0. The second kappa shape index (κ2) is 6.44. The molecular formula is C22H29NO2. The van der Waals surface area contributed by atoms with E-state index in [1.807, 2.05) is 0 Å². The van der Waals surface area contributed by atoms with E-state index in [0.717, 1.165) is 6.42 Å². The first-order chi connectivity index (χ1) is 11.7. The molecule has 2 aliphatic rings. The Balaban J connectivity index is 2.19. The number of amides is 2. The van der Waals surface area contributed by atoms with Crippen LogP contribution in [0.1, 0.15) is 94.0 Å². The zero-order valence-electron chi connectivity index (χ0n) is 16.2. The Hall–Kier alpha value is -1.90. The lowest BCUT2D eigenvalue weighted by molar-refractivity contribution is -0.139. The van der Waals surface area contributed by atoms with Gasteiger partial charge >= 0.3 is 0 Å². The fourth-order valence-corrected chi connectivity index (χ4v) is 4.29. The van der Waals surface area contributed by atoms with Gasteiger partial charge in [-0.3, -0.25) is 14.5 Å². The highest BCUT2D eigenvalue weighted by Gasteiger charge is 2.42. The van der Waals surface area contributed by atoms with Crippen molar-refractivity contribution < 1.29 is 9.59 Å². The Labute approximate surface area is 151 Å². The molecule has 0 bridgehead atoms. The van der Waals surface area contributed by atoms with Crippen molar-refractivity contribution in [3.05, 3.63) is 46.5 Å². The number of fused-ring (bicyclic) bond motifs is 1. The quantitative estimate of drug-likeness (QED) is 0.720. The molecule has 0 N–H and O–H groups in total. The highest BCUT2D eigenvalue weighted by Crippen LogP contribution is 2.51. The Morgan fingerprint density at radius 2 is 1.52 bits per heavy atom. The van der Waals surface area contributed by atoms with Gasteiger partial charge in [-0.05, 0) is 52.3 Å². The summed E-state index contributed by atoms with van der Waals surface area (Å²) in [6.45, 7) is 13.3. The highest BCUT2D eigenvalue weighted by molar-refractivity contribution is 6.13. The average molecular weight is 339 g/mol. The van der Waals surface area contributed by atoms with Crippen molar-refractivity contribution in [2.45, 2.75) is 71.8 Å². The van der Waals surface area contributed by atoms with Crippen LogP contribution in [0, 0.1) is 5.92 Å². The summed E-state index contributed by atoms with van der Waals surface area (Å²) in [4.78, 5) is 26.1. The molecule has 1 aliphatic heterocycles. The smallest absolute Gasteiger partial charge is 0.254 e. The average Bonchev–Trinajstić information content (AvgIpc) is 3.06. The molecule has 0 saturated carbocycles. The highest BCUT2D eigenvalue weighted by atomic mass is 16.2. The summed E-state index contributed by atoms with van der Waals surface area (Å²) in [6.07, 6.45) is 3.65. The van der Waals surface area contributed by atoms with Gasteiger partial charge in [-0.2, -0.15) is 0 Å². The standard InChI is InChI=1S/C22H29NO2/c1-12(2)15-9-16(13(3)4)22-17(14(5)6)11-19(18(22)10-15)23-20(24)7-8-21(23)25/h7-10,12-14,17,19H,11H2,1-6H3/t17-,19-/m0/s1. The molecule has 0 radical (unpaired) electrons. The van der Waals surface area contributed by atoms with Crippen LogP contribution in [0.4, 0.5) is 0 Å². The van der Waals surface area contributed by atoms with Crippen molar-refractivity contribution in [2.24, 2.45) is 5.92 Å². The zero-order valence-corrected chi connectivity index (χ0v) is 16.2. The van der Waals surface area contributed by atoms with Crippen LogP contribution in [0.3, 0.4) is 0 Å². The number of benzene rings is 1. The van der Waals surface area contributed by atoms with Crippen LogP contribution in [0.5, 0.6) is 0 Å². The predicted octanol–water partition coefficient (Wildman–Crippen LogP) is 5.04. The third-order valence-electron chi connectivity index (χ3n) is 5.72. The molecule has 0 fully saturated rings. The molecule has 3 nitrogen and oxygen atoms in total. The zero-order chi connectivity index (χ0) is 18.5. The molecule has 2 amide bonds. The van der Waals surface area contributed by atoms with Gasteiger partial charge in [-0.1, -0.05) is 53.7 Å². The number of rotatable bonds is 4. The molecule has 25 heavy (non-hydrogen) atoms. The largest absolute Gasteiger partial charge is 0.269 e. The second-order valence-corrected chi connectivity index (χ2v) is 8.40. The number of hydrogen-bond acceptors (Lipinski definition) is 2. The fourth-order valence-electron chi connectivity index (χ4n) is 4.29. The van der Waals surface area contributed by atoms with Crippen LogP contribution in [0.15, 0.2) is 24.3 Å². The van der Waals surface area contributed by atoms with E-state index in [0.29, 0.717) is 23.7 Å². The third-order valence-corrected chi connectivity index (χ3v) is 5.72. The topological polar surface area (TPSA) is 37.4 Å². The first-order valence-electron chi connectivity index (χ1n) is 9.45. The van der Waals surface area contributed by atoms with E-state index in [4.69, 9.17) is 0 Å². The van der Waals surface area contributed by atoms with E-state index in [2.05, 4.69) is 53.7 Å². The van der Waals surface area contributed by atoms with E-state index in [-0.39, 0.29) is 17.9 Å². The first kappa shape index (κ1) is 17.9. The van der Waals surface area contributed by atoms with Crippen molar-refractivity contribution in [2.75, 3.05) is 0 Å². The van der Waals surface area contributed by atoms with Crippen LogP contribution in [0.25, 0.3) is 0 Å². The normalized spacial score (nSPS) is 22.8. The maximum absolute atomic E-state index is 12.3. The molecule has 3 rings (SSSR count). The lowest BCUT2D eigenvalue weighted by atomic mass is 9.82. The van der Waals surface area contributed by atoms with Gasteiger partial charge in [0.25, 0.3) is 11.8 Å². The van der Waals surface area contributed by atoms with Gasteiger partial charge in [0.05, 0.1) is 6.04 Å². The van der Waals surface area contributed by atoms with Gasteiger partial charge in [0, 0.05) is 12.2 Å². The molecule has 0 unspecified atom stereocenters.